The van der Waals surface area contributed by atoms with Gasteiger partial charge in [0, 0.05) is 36.7 Å². The molecule has 2 heterocycles. The number of benzene rings is 1. The number of amides is 2. The number of aromatic nitrogens is 2. The van der Waals surface area contributed by atoms with Crippen LogP contribution in [0.15, 0.2) is 59.6 Å². The minimum Gasteiger partial charge on any atom is -0.356 e. The molecule has 2 N–H and O–H groups in total. The molecule has 0 unspecified atom stereocenters. The van der Waals surface area contributed by atoms with Gasteiger partial charge in [0.1, 0.15) is 0 Å². The van der Waals surface area contributed by atoms with Crippen molar-refractivity contribution < 1.29 is 9.59 Å². The lowest BCUT2D eigenvalue weighted by molar-refractivity contribution is -0.120. The van der Waals surface area contributed by atoms with Crippen molar-refractivity contribution in [1.82, 2.24) is 20.4 Å². The van der Waals surface area contributed by atoms with Crippen LogP contribution in [0.5, 0.6) is 0 Å². The second-order valence-corrected chi connectivity index (χ2v) is 6.53. The quantitative estimate of drug-likeness (QED) is 0.641. The van der Waals surface area contributed by atoms with Crippen molar-refractivity contribution in [3.8, 4) is 5.69 Å². The number of para-hydroxylation sites is 1. The molecule has 0 aliphatic carbocycles. The van der Waals surface area contributed by atoms with E-state index in [4.69, 9.17) is 0 Å². The van der Waals surface area contributed by atoms with Crippen LogP contribution in [-0.4, -0.2) is 34.7 Å². The predicted octanol–water partition coefficient (Wildman–Crippen LogP) is 2.41. The maximum absolute atomic E-state index is 11.8. The first-order valence-corrected chi connectivity index (χ1v) is 9.33. The van der Waals surface area contributed by atoms with E-state index in [0.717, 1.165) is 11.3 Å². The number of carbonyl (C=O) groups is 2. The van der Waals surface area contributed by atoms with Gasteiger partial charge in [0.05, 0.1) is 11.9 Å². The molecule has 0 fully saturated rings. The average molecular weight is 368 g/mol. The maximum Gasteiger partial charge on any atom is 0.252 e. The summed E-state index contributed by atoms with van der Waals surface area (Å²) >= 11 is 1.47. The highest BCUT2D eigenvalue weighted by Crippen LogP contribution is 2.08. The molecule has 2 aromatic heterocycles. The minimum absolute atomic E-state index is 0.0777. The molecule has 6 nitrogen and oxygen atoms in total. The first kappa shape index (κ1) is 17.9. The number of hydrogen-bond donors (Lipinski definition) is 2. The number of nitrogens with one attached hydrogen (secondary N) is 2. The fourth-order valence-electron chi connectivity index (χ4n) is 2.43. The smallest absolute Gasteiger partial charge is 0.252 e. The van der Waals surface area contributed by atoms with Crippen LogP contribution in [0.1, 0.15) is 22.3 Å². The normalized spacial score (nSPS) is 10.5. The summed E-state index contributed by atoms with van der Waals surface area (Å²) < 4.78 is 1.82. The van der Waals surface area contributed by atoms with Crippen molar-refractivity contribution in [2.24, 2.45) is 0 Å². The second-order valence-electron chi connectivity index (χ2n) is 5.75. The fourth-order valence-corrected chi connectivity index (χ4v) is 3.07. The topological polar surface area (TPSA) is 76.0 Å². The Morgan fingerprint density at radius 1 is 1.08 bits per heavy atom. The molecule has 0 aliphatic rings. The van der Waals surface area contributed by atoms with Crippen molar-refractivity contribution in [1.29, 1.82) is 0 Å². The first-order valence-electron chi connectivity index (χ1n) is 8.38. The highest BCUT2D eigenvalue weighted by Gasteiger charge is 2.07. The molecule has 0 saturated heterocycles. The van der Waals surface area contributed by atoms with Crippen LogP contribution in [0.25, 0.3) is 5.69 Å². The van der Waals surface area contributed by atoms with E-state index in [9.17, 15) is 9.59 Å². The summed E-state index contributed by atoms with van der Waals surface area (Å²) in [5.74, 6) is -0.224. The van der Waals surface area contributed by atoms with E-state index in [1.807, 2.05) is 46.6 Å². The van der Waals surface area contributed by atoms with E-state index in [1.54, 1.807) is 17.6 Å². The van der Waals surface area contributed by atoms with Gasteiger partial charge < -0.3 is 10.6 Å². The highest BCUT2D eigenvalue weighted by molar-refractivity contribution is 7.08. The van der Waals surface area contributed by atoms with Gasteiger partial charge in [-0.1, -0.05) is 18.2 Å². The number of hydrogen-bond acceptors (Lipinski definition) is 4. The number of nitrogens with zero attached hydrogens (tertiary/aromatic N) is 2. The Morgan fingerprint density at radius 3 is 2.69 bits per heavy atom. The van der Waals surface area contributed by atoms with E-state index in [2.05, 4.69) is 15.7 Å². The molecule has 134 valence electrons. The zero-order valence-electron chi connectivity index (χ0n) is 14.2. The first-order chi connectivity index (χ1) is 12.7. The zero-order chi connectivity index (χ0) is 18.2. The van der Waals surface area contributed by atoms with Gasteiger partial charge in [-0.2, -0.15) is 16.4 Å². The SMILES string of the molecule is O=C(CCNC(=O)c1ccsc1)NCCc1cnn(-c2ccccc2)c1. The molecule has 0 saturated carbocycles. The van der Waals surface area contributed by atoms with Crippen molar-refractivity contribution in [2.75, 3.05) is 13.1 Å². The Hall–Kier alpha value is -2.93. The Bertz CT molecular complexity index is 844. The molecule has 0 atom stereocenters. The van der Waals surface area contributed by atoms with Gasteiger partial charge >= 0.3 is 0 Å². The van der Waals surface area contributed by atoms with Crippen LogP contribution in [0.4, 0.5) is 0 Å². The lowest BCUT2D eigenvalue weighted by atomic mass is 10.2. The second kappa shape index (κ2) is 8.96. The summed E-state index contributed by atoms with van der Waals surface area (Å²) in [6, 6.07) is 11.6. The molecule has 3 aromatic rings. The molecule has 2 amide bonds. The van der Waals surface area contributed by atoms with Gasteiger partial charge in [-0.05, 0) is 35.6 Å². The fraction of sp³-hybridized carbons (Fsp3) is 0.211. The summed E-state index contributed by atoms with van der Waals surface area (Å²) in [6.07, 6.45) is 4.74. The molecule has 0 aliphatic heterocycles. The minimum atomic E-state index is -0.146. The van der Waals surface area contributed by atoms with E-state index < -0.39 is 0 Å². The molecule has 0 bridgehead atoms. The summed E-state index contributed by atoms with van der Waals surface area (Å²) in [5, 5.41) is 13.6. The van der Waals surface area contributed by atoms with E-state index >= 15 is 0 Å². The zero-order valence-corrected chi connectivity index (χ0v) is 15.0. The third-order valence-corrected chi connectivity index (χ3v) is 4.50. The molecule has 26 heavy (non-hydrogen) atoms. The summed E-state index contributed by atoms with van der Waals surface area (Å²) in [5.41, 5.74) is 2.69. The maximum atomic E-state index is 11.8. The van der Waals surface area contributed by atoms with Gasteiger partial charge in [-0.25, -0.2) is 4.68 Å². The van der Waals surface area contributed by atoms with Crippen molar-refractivity contribution in [2.45, 2.75) is 12.8 Å². The van der Waals surface area contributed by atoms with E-state index in [1.165, 1.54) is 11.3 Å². The van der Waals surface area contributed by atoms with Gasteiger partial charge in [0.15, 0.2) is 0 Å². The third kappa shape index (κ3) is 5.03. The monoisotopic (exact) mass is 368 g/mol. The Balaban J connectivity index is 1.35. The van der Waals surface area contributed by atoms with Crippen molar-refractivity contribution >= 4 is 23.2 Å². The molecule has 1 aromatic carbocycles. The Kier molecular flexibility index (Phi) is 6.16. The molecular formula is C19H20N4O2S. The molecular weight excluding hydrogens is 348 g/mol. The molecule has 7 heteroatoms. The van der Waals surface area contributed by atoms with Crippen LogP contribution < -0.4 is 10.6 Å². The third-order valence-electron chi connectivity index (χ3n) is 3.81. The van der Waals surface area contributed by atoms with Gasteiger partial charge in [-0.3, -0.25) is 9.59 Å². The highest BCUT2D eigenvalue weighted by atomic mass is 32.1. The van der Waals surface area contributed by atoms with Gasteiger partial charge in [0.25, 0.3) is 5.91 Å². The van der Waals surface area contributed by atoms with Crippen LogP contribution in [0.3, 0.4) is 0 Å². The van der Waals surface area contributed by atoms with Crippen LogP contribution in [0.2, 0.25) is 0 Å². The standard InChI is InChI=1S/C19H20N4O2S/c24-18(7-10-21-19(25)16-8-11-26-14-16)20-9-6-15-12-22-23(13-15)17-4-2-1-3-5-17/h1-5,8,11-14H,6-7,9-10H2,(H,20,24)(H,21,25). The number of thiophene rings is 1. The summed E-state index contributed by atoms with van der Waals surface area (Å²) in [6.45, 7) is 0.865. The van der Waals surface area contributed by atoms with E-state index in [0.29, 0.717) is 25.1 Å². The van der Waals surface area contributed by atoms with Crippen LogP contribution in [0, 0.1) is 0 Å². The average Bonchev–Trinajstić information content (AvgIpc) is 3.34. The van der Waals surface area contributed by atoms with Gasteiger partial charge in [0.2, 0.25) is 5.91 Å². The Morgan fingerprint density at radius 2 is 1.92 bits per heavy atom. The van der Waals surface area contributed by atoms with Crippen molar-refractivity contribution in [3.63, 3.8) is 0 Å². The van der Waals surface area contributed by atoms with Crippen LogP contribution >= 0.6 is 11.3 Å². The lowest BCUT2D eigenvalue weighted by Gasteiger charge is -2.05. The van der Waals surface area contributed by atoms with Crippen LogP contribution in [-0.2, 0) is 11.2 Å². The molecule has 0 spiro atoms. The summed E-state index contributed by atoms with van der Waals surface area (Å²) in [7, 11) is 0. The molecule has 3 rings (SSSR count). The summed E-state index contributed by atoms with van der Waals surface area (Å²) in [4.78, 5) is 23.6. The largest absolute Gasteiger partial charge is 0.356 e. The molecule has 0 radical (unpaired) electrons. The Labute approximate surface area is 155 Å². The predicted molar refractivity (Wildman–Crippen MR) is 102 cm³/mol. The van der Waals surface area contributed by atoms with Crippen molar-refractivity contribution in [3.05, 3.63) is 70.7 Å². The lowest BCUT2D eigenvalue weighted by Crippen LogP contribution is -2.31. The van der Waals surface area contributed by atoms with Gasteiger partial charge in [-0.15, -0.1) is 0 Å². The number of rotatable bonds is 8. The number of carbonyl (C=O) groups excluding carboxylic acids is 2. The van der Waals surface area contributed by atoms with E-state index in [-0.39, 0.29) is 18.2 Å².